The van der Waals surface area contributed by atoms with Crippen molar-refractivity contribution in [1.82, 2.24) is 5.32 Å². The maximum atomic E-state index is 13.0. The number of aryl methyl sites for hydroxylation is 1. The molecular formula is C20H31ClN2O2. The van der Waals surface area contributed by atoms with Crippen LogP contribution >= 0.6 is 12.4 Å². The monoisotopic (exact) mass is 366 g/mol. The maximum Gasteiger partial charge on any atom is 0.241 e. The molecule has 0 radical (unpaired) electrons. The Morgan fingerprint density at radius 1 is 1.40 bits per heavy atom. The molecular weight excluding hydrogens is 336 g/mol. The number of hydrogen-bond acceptors (Lipinski definition) is 3. The second kappa shape index (κ2) is 7.26. The van der Waals surface area contributed by atoms with Crippen LogP contribution in [0, 0.1) is 18.3 Å². The van der Waals surface area contributed by atoms with Crippen molar-refractivity contribution in [2.45, 2.75) is 64.6 Å². The number of nitrogens with two attached hydrogens (primary N) is 1. The third-order valence-corrected chi connectivity index (χ3v) is 6.23. The molecule has 1 saturated heterocycles. The lowest BCUT2D eigenvalue weighted by molar-refractivity contribution is -0.225. The van der Waals surface area contributed by atoms with E-state index in [0.29, 0.717) is 0 Å². The predicted octanol–water partition coefficient (Wildman–Crippen LogP) is 3.00. The van der Waals surface area contributed by atoms with E-state index in [2.05, 4.69) is 38.2 Å². The summed E-state index contributed by atoms with van der Waals surface area (Å²) in [5.74, 6) is 0.104. The Morgan fingerprint density at radius 3 is 2.76 bits per heavy atom. The van der Waals surface area contributed by atoms with E-state index in [1.54, 1.807) is 0 Å². The lowest BCUT2D eigenvalue weighted by Gasteiger charge is -2.65. The van der Waals surface area contributed by atoms with E-state index in [4.69, 9.17) is 10.5 Å². The van der Waals surface area contributed by atoms with Crippen LogP contribution in [0.15, 0.2) is 24.3 Å². The van der Waals surface area contributed by atoms with Crippen LogP contribution in [0.5, 0.6) is 0 Å². The van der Waals surface area contributed by atoms with Crippen LogP contribution in [0.25, 0.3) is 0 Å². The van der Waals surface area contributed by atoms with Crippen molar-refractivity contribution < 1.29 is 9.53 Å². The first-order valence-electron chi connectivity index (χ1n) is 9.04. The van der Waals surface area contributed by atoms with Gasteiger partial charge in [-0.3, -0.25) is 4.79 Å². The van der Waals surface area contributed by atoms with Crippen molar-refractivity contribution in [3.05, 3.63) is 35.4 Å². The van der Waals surface area contributed by atoms with E-state index in [0.717, 1.165) is 25.9 Å². The van der Waals surface area contributed by atoms with Gasteiger partial charge in [-0.15, -0.1) is 12.4 Å². The molecule has 4 nitrogen and oxygen atoms in total. The molecule has 2 aliphatic rings. The third kappa shape index (κ3) is 3.20. The van der Waals surface area contributed by atoms with Gasteiger partial charge in [-0.1, -0.05) is 38.1 Å². The van der Waals surface area contributed by atoms with Crippen LogP contribution < -0.4 is 11.1 Å². The molecule has 0 bridgehead atoms. The molecule has 3 N–H and O–H groups in total. The highest BCUT2D eigenvalue weighted by atomic mass is 35.5. The second-order valence-corrected chi connectivity index (χ2v) is 8.14. The van der Waals surface area contributed by atoms with Crippen molar-refractivity contribution in [1.29, 1.82) is 0 Å². The number of nitrogens with one attached hydrogen (secondary N) is 1. The zero-order valence-electron chi connectivity index (χ0n) is 15.7. The number of fused-ring (bicyclic) bond motifs is 1. The standard InChI is InChI=1S/C20H30N2O2.ClH/c1-13-8-5-6-9-15(13)12-14(2)22-18(23)20(21)16-10-7-11-24-17(16)19(20,3)4;/h5-6,8-9,14,16-17H,7,10-12,21H2,1-4H3,(H,22,23);1H. The van der Waals surface area contributed by atoms with E-state index in [-0.39, 0.29) is 41.8 Å². The zero-order valence-corrected chi connectivity index (χ0v) is 16.5. The molecule has 1 aliphatic carbocycles. The first-order chi connectivity index (χ1) is 11.3. The van der Waals surface area contributed by atoms with Gasteiger partial charge in [0.1, 0.15) is 5.54 Å². The molecule has 5 heteroatoms. The molecule has 0 spiro atoms. The molecule has 2 fully saturated rings. The molecule has 25 heavy (non-hydrogen) atoms. The van der Waals surface area contributed by atoms with Crippen LogP contribution in [0.1, 0.15) is 44.7 Å². The number of benzene rings is 1. The number of halogens is 1. The molecule has 1 saturated carbocycles. The van der Waals surface area contributed by atoms with E-state index in [9.17, 15) is 4.79 Å². The Balaban J connectivity index is 0.00000225. The lowest BCUT2D eigenvalue weighted by Crippen LogP contribution is -2.82. The van der Waals surface area contributed by atoms with E-state index in [1.165, 1.54) is 11.1 Å². The minimum atomic E-state index is -0.835. The van der Waals surface area contributed by atoms with Crippen molar-refractivity contribution >= 4 is 18.3 Å². The summed E-state index contributed by atoms with van der Waals surface area (Å²) >= 11 is 0. The van der Waals surface area contributed by atoms with Gasteiger partial charge in [0.05, 0.1) is 6.10 Å². The Kier molecular flexibility index (Phi) is 5.87. The Morgan fingerprint density at radius 2 is 2.08 bits per heavy atom. The van der Waals surface area contributed by atoms with E-state index in [1.807, 2.05) is 19.1 Å². The fourth-order valence-electron chi connectivity index (χ4n) is 4.60. The van der Waals surface area contributed by atoms with Crippen molar-refractivity contribution in [2.75, 3.05) is 6.61 Å². The number of amides is 1. The average Bonchev–Trinajstić information content (AvgIpc) is 2.56. The van der Waals surface area contributed by atoms with Gasteiger partial charge in [0.2, 0.25) is 5.91 Å². The number of hydrogen-bond donors (Lipinski definition) is 2. The summed E-state index contributed by atoms with van der Waals surface area (Å²) in [6.07, 6.45) is 2.89. The highest BCUT2D eigenvalue weighted by Gasteiger charge is 2.70. The summed E-state index contributed by atoms with van der Waals surface area (Å²) in [4.78, 5) is 13.0. The molecule has 1 aromatic carbocycles. The SMILES string of the molecule is Cc1ccccc1CC(C)NC(=O)C1(N)C2CCCOC2C1(C)C.Cl. The predicted molar refractivity (Wildman–Crippen MR) is 103 cm³/mol. The van der Waals surface area contributed by atoms with Gasteiger partial charge in [-0.05, 0) is 44.2 Å². The smallest absolute Gasteiger partial charge is 0.241 e. The number of rotatable bonds is 4. The van der Waals surface area contributed by atoms with E-state index >= 15 is 0 Å². The molecule has 1 amide bonds. The third-order valence-electron chi connectivity index (χ3n) is 6.23. The quantitative estimate of drug-likeness (QED) is 0.860. The fourth-order valence-corrected chi connectivity index (χ4v) is 4.60. The summed E-state index contributed by atoms with van der Waals surface area (Å²) in [7, 11) is 0. The number of ether oxygens (including phenoxy) is 1. The van der Waals surface area contributed by atoms with Crippen molar-refractivity contribution in [3.63, 3.8) is 0 Å². The van der Waals surface area contributed by atoms with Crippen LogP contribution in [0.4, 0.5) is 0 Å². The summed E-state index contributed by atoms with van der Waals surface area (Å²) in [5.41, 5.74) is 8.02. The highest BCUT2D eigenvalue weighted by molar-refractivity contribution is 5.89. The molecule has 0 aromatic heterocycles. The van der Waals surface area contributed by atoms with Crippen molar-refractivity contribution in [3.8, 4) is 0 Å². The summed E-state index contributed by atoms with van der Waals surface area (Å²) in [6.45, 7) is 9.06. The first-order valence-corrected chi connectivity index (χ1v) is 9.04. The molecule has 1 aliphatic heterocycles. The van der Waals surface area contributed by atoms with Gasteiger partial charge in [-0.2, -0.15) is 0 Å². The molecule has 140 valence electrons. The summed E-state index contributed by atoms with van der Waals surface area (Å²) < 4.78 is 5.89. The lowest BCUT2D eigenvalue weighted by atomic mass is 9.46. The minimum absolute atomic E-state index is 0. The normalized spacial score (nSPS) is 31.1. The van der Waals surface area contributed by atoms with Gasteiger partial charge in [0, 0.05) is 24.0 Å². The van der Waals surface area contributed by atoms with Crippen LogP contribution in [-0.4, -0.2) is 30.2 Å². The maximum absolute atomic E-state index is 13.0. The first kappa shape index (κ1) is 20.2. The molecule has 1 aromatic rings. The molecule has 1 heterocycles. The van der Waals surface area contributed by atoms with Gasteiger partial charge < -0.3 is 15.8 Å². The molecule has 4 unspecified atom stereocenters. The summed E-state index contributed by atoms with van der Waals surface area (Å²) in [5, 5.41) is 3.17. The summed E-state index contributed by atoms with van der Waals surface area (Å²) in [6, 6.07) is 8.36. The van der Waals surface area contributed by atoms with E-state index < -0.39 is 5.54 Å². The van der Waals surface area contributed by atoms with Crippen LogP contribution in [0.2, 0.25) is 0 Å². The molecule has 4 atom stereocenters. The van der Waals surface area contributed by atoms with Crippen LogP contribution in [-0.2, 0) is 16.0 Å². The number of carbonyl (C=O) groups is 1. The van der Waals surface area contributed by atoms with Gasteiger partial charge in [0.25, 0.3) is 0 Å². The minimum Gasteiger partial charge on any atom is -0.377 e. The van der Waals surface area contributed by atoms with Crippen LogP contribution in [0.3, 0.4) is 0 Å². The van der Waals surface area contributed by atoms with Gasteiger partial charge in [0.15, 0.2) is 0 Å². The van der Waals surface area contributed by atoms with Crippen molar-refractivity contribution in [2.24, 2.45) is 17.1 Å². The fraction of sp³-hybridized carbons (Fsp3) is 0.650. The Hall–Kier alpha value is -1.10. The average molecular weight is 367 g/mol. The number of carbonyl (C=O) groups excluding carboxylic acids is 1. The van der Waals surface area contributed by atoms with Gasteiger partial charge >= 0.3 is 0 Å². The molecule has 3 rings (SSSR count). The zero-order chi connectivity index (χ0) is 17.5. The van der Waals surface area contributed by atoms with Gasteiger partial charge in [-0.25, -0.2) is 0 Å². The topological polar surface area (TPSA) is 64.4 Å². The highest BCUT2D eigenvalue weighted by Crippen LogP contribution is 2.57. The largest absolute Gasteiger partial charge is 0.377 e. The second-order valence-electron chi connectivity index (χ2n) is 8.14. The Labute approximate surface area is 157 Å². The Bertz CT molecular complexity index is 634.